The number of benzene rings is 1. The molecule has 0 amide bonds. The van der Waals surface area contributed by atoms with Gasteiger partial charge in [-0.25, -0.2) is 4.68 Å². The maximum atomic E-state index is 10.5. The van der Waals surface area contributed by atoms with Crippen molar-refractivity contribution in [2.45, 2.75) is 26.3 Å². The SMILES string of the molecule is CCOc1ccc(Cn2cc(CCC(=O)O)nn2)cc1. The first kappa shape index (κ1) is 14.0. The van der Waals surface area contributed by atoms with Gasteiger partial charge in [-0.1, -0.05) is 17.3 Å². The van der Waals surface area contributed by atoms with Gasteiger partial charge in [-0.2, -0.15) is 0 Å². The van der Waals surface area contributed by atoms with Crippen LogP contribution in [0.5, 0.6) is 5.75 Å². The molecule has 1 N–H and O–H groups in total. The van der Waals surface area contributed by atoms with Gasteiger partial charge in [0, 0.05) is 12.6 Å². The van der Waals surface area contributed by atoms with Crippen molar-refractivity contribution in [2.24, 2.45) is 0 Å². The fourth-order valence-corrected chi connectivity index (χ4v) is 1.81. The highest BCUT2D eigenvalue weighted by Crippen LogP contribution is 2.13. The molecule has 0 fully saturated rings. The van der Waals surface area contributed by atoms with Gasteiger partial charge in [-0.3, -0.25) is 4.79 Å². The smallest absolute Gasteiger partial charge is 0.303 e. The summed E-state index contributed by atoms with van der Waals surface area (Å²) < 4.78 is 7.08. The molecule has 2 rings (SSSR count). The van der Waals surface area contributed by atoms with Crippen LogP contribution in [0.2, 0.25) is 0 Å². The molecule has 0 aliphatic heterocycles. The van der Waals surface area contributed by atoms with E-state index >= 15 is 0 Å². The Morgan fingerprint density at radius 1 is 1.35 bits per heavy atom. The van der Waals surface area contributed by atoms with E-state index in [4.69, 9.17) is 9.84 Å². The summed E-state index contributed by atoms with van der Waals surface area (Å²) in [5, 5.41) is 16.6. The molecule has 0 unspecified atom stereocenters. The molecule has 0 radical (unpaired) electrons. The predicted octanol–water partition coefficient (Wildman–Crippen LogP) is 1.74. The van der Waals surface area contributed by atoms with Crippen molar-refractivity contribution >= 4 is 5.97 Å². The van der Waals surface area contributed by atoms with E-state index in [-0.39, 0.29) is 6.42 Å². The van der Waals surface area contributed by atoms with Crippen LogP contribution in [0.25, 0.3) is 0 Å². The lowest BCUT2D eigenvalue weighted by molar-refractivity contribution is -0.136. The Morgan fingerprint density at radius 3 is 2.75 bits per heavy atom. The van der Waals surface area contributed by atoms with Crippen LogP contribution in [0.15, 0.2) is 30.5 Å². The first-order valence-electron chi connectivity index (χ1n) is 6.50. The molecule has 106 valence electrons. The molecule has 2 aromatic rings. The number of carboxylic acids is 1. The number of carboxylic acid groups (broad SMARTS) is 1. The molecule has 6 heteroatoms. The number of hydrogen-bond donors (Lipinski definition) is 1. The highest BCUT2D eigenvalue weighted by atomic mass is 16.5. The van der Waals surface area contributed by atoms with Crippen LogP contribution < -0.4 is 4.74 Å². The molecule has 0 aliphatic carbocycles. The lowest BCUT2D eigenvalue weighted by Gasteiger charge is -2.04. The van der Waals surface area contributed by atoms with Crippen molar-refractivity contribution in [3.8, 4) is 5.75 Å². The minimum Gasteiger partial charge on any atom is -0.494 e. The summed E-state index contributed by atoms with van der Waals surface area (Å²) in [5.74, 6) is 0.0167. The third kappa shape index (κ3) is 4.08. The third-order valence-corrected chi connectivity index (χ3v) is 2.76. The topological polar surface area (TPSA) is 77.2 Å². The molecular formula is C14H17N3O3. The van der Waals surface area contributed by atoms with Gasteiger partial charge in [-0.05, 0) is 24.6 Å². The van der Waals surface area contributed by atoms with E-state index in [1.165, 1.54) is 0 Å². The van der Waals surface area contributed by atoms with Crippen LogP contribution in [-0.4, -0.2) is 32.7 Å². The zero-order valence-electron chi connectivity index (χ0n) is 11.3. The Kier molecular flexibility index (Phi) is 4.70. The number of aliphatic carboxylic acids is 1. The Labute approximate surface area is 117 Å². The summed E-state index contributed by atoms with van der Waals surface area (Å²) in [6.07, 6.45) is 2.25. The molecule has 0 bridgehead atoms. The second-order valence-electron chi connectivity index (χ2n) is 4.38. The average molecular weight is 275 g/mol. The Balaban J connectivity index is 1.94. The van der Waals surface area contributed by atoms with Crippen molar-refractivity contribution in [2.75, 3.05) is 6.61 Å². The molecule has 0 saturated carbocycles. The van der Waals surface area contributed by atoms with E-state index in [9.17, 15) is 4.79 Å². The fraction of sp³-hybridized carbons (Fsp3) is 0.357. The second kappa shape index (κ2) is 6.70. The number of aryl methyl sites for hydroxylation is 1. The van der Waals surface area contributed by atoms with Crippen LogP contribution in [0.3, 0.4) is 0 Å². The standard InChI is InChI=1S/C14H17N3O3/c1-2-20-13-6-3-11(4-7-13)9-17-10-12(15-16-17)5-8-14(18)19/h3-4,6-7,10H,2,5,8-9H2,1H3,(H,18,19). The van der Waals surface area contributed by atoms with Gasteiger partial charge in [-0.15, -0.1) is 5.10 Å². The molecule has 1 heterocycles. The van der Waals surface area contributed by atoms with Crippen molar-refractivity contribution < 1.29 is 14.6 Å². The zero-order valence-corrected chi connectivity index (χ0v) is 11.3. The number of carbonyl (C=O) groups is 1. The quantitative estimate of drug-likeness (QED) is 0.832. The van der Waals surface area contributed by atoms with Gasteiger partial charge in [0.15, 0.2) is 0 Å². The predicted molar refractivity (Wildman–Crippen MR) is 72.7 cm³/mol. The molecule has 0 aliphatic rings. The highest BCUT2D eigenvalue weighted by molar-refractivity contribution is 5.66. The molecule has 6 nitrogen and oxygen atoms in total. The van der Waals surface area contributed by atoms with E-state index in [2.05, 4.69) is 10.3 Å². The van der Waals surface area contributed by atoms with E-state index in [1.807, 2.05) is 31.2 Å². The molecule has 1 aromatic carbocycles. The highest BCUT2D eigenvalue weighted by Gasteiger charge is 2.04. The van der Waals surface area contributed by atoms with E-state index in [0.29, 0.717) is 25.3 Å². The summed E-state index contributed by atoms with van der Waals surface area (Å²) in [6.45, 7) is 3.20. The summed E-state index contributed by atoms with van der Waals surface area (Å²) in [4.78, 5) is 10.5. The van der Waals surface area contributed by atoms with Crippen molar-refractivity contribution in [3.63, 3.8) is 0 Å². The molecule has 0 atom stereocenters. The number of hydrogen-bond acceptors (Lipinski definition) is 4. The average Bonchev–Trinajstić information content (AvgIpc) is 2.87. The largest absolute Gasteiger partial charge is 0.494 e. The van der Waals surface area contributed by atoms with Gasteiger partial charge < -0.3 is 9.84 Å². The molecule has 1 aromatic heterocycles. The Bertz CT molecular complexity index is 563. The summed E-state index contributed by atoms with van der Waals surface area (Å²) in [7, 11) is 0. The third-order valence-electron chi connectivity index (χ3n) is 2.76. The summed E-state index contributed by atoms with van der Waals surface area (Å²) >= 11 is 0. The van der Waals surface area contributed by atoms with Gasteiger partial charge >= 0.3 is 5.97 Å². The fourth-order valence-electron chi connectivity index (χ4n) is 1.81. The maximum Gasteiger partial charge on any atom is 0.303 e. The summed E-state index contributed by atoms with van der Waals surface area (Å²) in [6, 6.07) is 7.79. The van der Waals surface area contributed by atoms with Crippen molar-refractivity contribution in [1.82, 2.24) is 15.0 Å². The number of ether oxygens (including phenoxy) is 1. The molecule has 0 saturated heterocycles. The van der Waals surface area contributed by atoms with E-state index < -0.39 is 5.97 Å². The van der Waals surface area contributed by atoms with Gasteiger partial charge in [0.25, 0.3) is 0 Å². The van der Waals surface area contributed by atoms with Crippen LogP contribution in [0.1, 0.15) is 24.6 Å². The Morgan fingerprint density at radius 2 is 2.10 bits per heavy atom. The van der Waals surface area contributed by atoms with Crippen molar-refractivity contribution in [3.05, 3.63) is 41.7 Å². The minimum absolute atomic E-state index is 0.0712. The molecular weight excluding hydrogens is 258 g/mol. The van der Waals surface area contributed by atoms with Crippen LogP contribution in [-0.2, 0) is 17.8 Å². The number of aromatic nitrogens is 3. The monoisotopic (exact) mass is 275 g/mol. The molecule has 0 spiro atoms. The Hall–Kier alpha value is -2.37. The van der Waals surface area contributed by atoms with Crippen molar-refractivity contribution in [1.29, 1.82) is 0 Å². The summed E-state index contributed by atoms with van der Waals surface area (Å²) in [5.41, 5.74) is 1.78. The second-order valence-corrected chi connectivity index (χ2v) is 4.38. The van der Waals surface area contributed by atoms with E-state index in [1.54, 1.807) is 10.9 Å². The normalized spacial score (nSPS) is 10.4. The van der Waals surface area contributed by atoms with Gasteiger partial charge in [0.05, 0.1) is 25.3 Å². The lowest BCUT2D eigenvalue weighted by Crippen LogP contribution is -2.00. The van der Waals surface area contributed by atoms with Crippen LogP contribution >= 0.6 is 0 Å². The lowest BCUT2D eigenvalue weighted by atomic mass is 10.2. The first-order chi connectivity index (χ1) is 9.67. The van der Waals surface area contributed by atoms with Crippen LogP contribution in [0, 0.1) is 0 Å². The zero-order chi connectivity index (χ0) is 14.4. The maximum absolute atomic E-state index is 10.5. The number of nitrogens with zero attached hydrogens (tertiary/aromatic N) is 3. The number of rotatable bonds is 7. The first-order valence-corrected chi connectivity index (χ1v) is 6.50. The van der Waals surface area contributed by atoms with Gasteiger partial charge in [0.2, 0.25) is 0 Å². The molecule has 20 heavy (non-hydrogen) atoms. The minimum atomic E-state index is -0.828. The van der Waals surface area contributed by atoms with E-state index in [0.717, 1.165) is 11.3 Å². The van der Waals surface area contributed by atoms with Crippen LogP contribution in [0.4, 0.5) is 0 Å². The van der Waals surface area contributed by atoms with Gasteiger partial charge in [0.1, 0.15) is 5.75 Å².